The fourth-order valence-corrected chi connectivity index (χ4v) is 5.40. The van der Waals surface area contributed by atoms with E-state index in [1.165, 1.54) is 19.0 Å². The molecule has 4 rings (SSSR count). The van der Waals surface area contributed by atoms with Gasteiger partial charge in [-0.05, 0) is 38.9 Å². The number of hydrogen-bond donors (Lipinski definition) is 5. The summed E-state index contributed by atoms with van der Waals surface area (Å²) < 4.78 is 0. The number of amides is 1. The second-order valence-electron chi connectivity index (χ2n) is 8.68. The van der Waals surface area contributed by atoms with Gasteiger partial charge in [0.25, 0.3) is 11.6 Å². The highest BCUT2D eigenvalue weighted by atomic mass is 16.6. The largest absolute Gasteiger partial charge is 0.508 e. The summed E-state index contributed by atoms with van der Waals surface area (Å²) in [5.41, 5.74) is 0.543. The van der Waals surface area contributed by atoms with Crippen LogP contribution in [0.15, 0.2) is 29.0 Å². The van der Waals surface area contributed by atoms with Crippen LogP contribution in [0.25, 0.3) is 5.76 Å². The molecule has 12 nitrogen and oxygen atoms in total. The first-order valence-electron chi connectivity index (χ1n) is 9.98. The van der Waals surface area contributed by atoms with Gasteiger partial charge in [0.15, 0.2) is 11.4 Å². The first-order valence-corrected chi connectivity index (χ1v) is 9.98. The Balaban J connectivity index is 2.00. The average molecular weight is 459 g/mol. The SMILES string of the molecule is CN(C)[C@@H]1C(=O)C(C(N)=O)=C(O)[C@@]2(O)C(=O)C3=C(O)c4c(O)ccc([N+](=O)[O-])c4C[C@@H]3C[C@@H]12. The maximum atomic E-state index is 13.6. The number of aliphatic hydroxyl groups excluding tert-OH is 2. The maximum absolute atomic E-state index is 13.6. The molecule has 1 amide bonds. The van der Waals surface area contributed by atoms with Gasteiger partial charge in [-0.25, -0.2) is 0 Å². The van der Waals surface area contributed by atoms with Gasteiger partial charge in [0.2, 0.25) is 5.78 Å². The average Bonchev–Trinajstić information content (AvgIpc) is 2.70. The van der Waals surface area contributed by atoms with Crippen molar-refractivity contribution in [3.05, 3.63) is 50.3 Å². The van der Waals surface area contributed by atoms with E-state index in [2.05, 4.69) is 0 Å². The third-order valence-corrected chi connectivity index (χ3v) is 6.78. The van der Waals surface area contributed by atoms with Gasteiger partial charge in [-0.3, -0.25) is 29.4 Å². The third-order valence-electron chi connectivity index (χ3n) is 6.78. The Labute approximate surface area is 186 Å². The molecular formula is C21H21N3O9. The van der Waals surface area contributed by atoms with Gasteiger partial charge in [0, 0.05) is 23.1 Å². The van der Waals surface area contributed by atoms with Gasteiger partial charge in [0.1, 0.15) is 22.8 Å². The number of nitrogens with two attached hydrogens (primary N) is 1. The van der Waals surface area contributed by atoms with Crippen LogP contribution >= 0.6 is 0 Å². The van der Waals surface area contributed by atoms with Crippen molar-refractivity contribution in [2.75, 3.05) is 14.1 Å². The molecule has 33 heavy (non-hydrogen) atoms. The summed E-state index contributed by atoms with van der Waals surface area (Å²) in [6, 6.07) is 0.859. The summed E-state index contributed by atoms with van der Waals surface area (Å²) in [6.07, 6.45) is -0.280. The number of carbonyl (C=O) groups excluding carboxylic acids is 3. The standard InChI is InChI=1S/C21H21N3O9/c1-23(2)15-9-6-7-5-8-10(24(32)33)3-4-11(25)13(8)16(26)12(7)18(28)21(9,31)19(29)14(17(15)27)20(22)30/h3-4,7,9,15,25-26,29,31H,5-6H2,1-2H3,(H2,22,30)/t7-,9+,15+,21+/m1/s1. The molecule has 1 fully saturated rings. The number of phenols is 1. The Morgan fingerprint density at radius 1 is 1.24 bits per heavy atom. The lowest BCUT2D eigenvalue weighted by Gasteiger charge is -2.50. The number of phenolic OH excluding ortho intramolecular Hbond substituents is 1. The summed E-state index contributed by atoms with van der Waals surface area (Å²) in [4.78, 5) is 50.6. The third kappa shape index (κ3) is 2.80. The quantitative estimate of drug-likeness (QED) is 0.230. The van der Waals surface area contributed by atoms with Gasteiger partial charge >= 0.3 is 0 Å². The Kier molecular flexibility index (Phi) is 4.84. The first kappa shape index (κ1) is 22.4. The lowest BCUT2D eigenvalue weighted by molar-refractivity contribution is -0.385. The summed E-state index contributed by atoms with van der Waals surface area (Å²) in [7, 11) is 2.96. The second-order valence-corrected chi connectivity index (χ2v) is 8.68. The zero-order valence-corrected chi connectivity index (χ0v) is 17.6. The molecule has 3 aliphatic rings. The van der Waals surface area contributed by atoms with Crippen molar-refractivity contribution in [2.24, 2.45) is 17.6 Å². The number of hydrogen-bond acceptors (Lipinski definition) is 10. The Hall–Kier alpha value is -3.77. The second kappa shape index (κ2) is 7.12. The van der Waals surface area contributed by atoms with E-state index in [1.807, 2.05) is 0 Å². The van der Waals surface area contributed by atoms with Crippen molar-refractivity contribution in [1.29, 1.82) is 0 Å². The van der Waals surface area contributed by atoms with Crippen LogP contribution in [-0.4, -0.2) is 73.5 Å². The lowest BCUT2D eigenvalue weighted by atomic mass is 9.57. The fraction of sp³-hybridized carbons (Fsp3) is 0.381. The number of aromatic hydroxyl groups is 1. The molecule has 12 heteroatoms. The summed E-state index contributed by atoms with van der Waals surface area (Å²) in [6.45, 7) is 0. The van der Waals surface area contributed by atoms with E-state index in [1.54, 1.807) is 0 Å². The van der Waals surface area contributed by atoms with Crippen molar-refractivity contribution in [3.63, 3.8) is 0 Å². The molecule has 0 unspecified atom stereocenters. The van der Waals surface area contributed by atoms with Crippen LogP contribution in [0.1, 0.15) is 17.5 Å². The molecule has 1 aromatic rings. The molecule has 6 N–H and O–H groups in total. The van der Waals surface area contributed by atoms with E-state index in [0.717, 1.165) is 12.1 Å². The summed E-state index contributed by atoms with van der Waals surface area (Å²) in [5.74, 6) is -7.96. The number of nitro groups is 1. The molecule has 0 spiro atoms. The van der Waals surface area contributed by atoms with E-state index < -0.39 is 68.7 Å². The monoisotopic (exact) mass is 459 g/mol. The lowest BCUT2D eigenvalue weighted by Crippen LogP contribution is -2.65. The minimum absolute atomic E-state index is 0.00520. The molecule has 1 saturated carbocycles. The predicted octanol–water partition coefficient (Wildman–Crippen LogP) is -0.128. The highest BCUT2D eigenvalue weighted by Gasteiger charge is 2.64. The number of ketones is 2. The first-order chi connectivity index (χ1) is 15.3. The molecule has 0 saturated heterocycles. The van der Waals surface area contributed by atoms with E-state index in [-0.39, 0.29) is 35.2 Å². The number of carbonyl (C=O) groups is 3. The number of nitrogens with zero attached hydrogens (tertiary/aromatic N) is 2. The number of benzene rings is 1. The molecule has 174 valence electrons. The number of likely N-dealkylation sites (N-methyl/N-ethyl adjacent to an activating group) is 1. The topological polar surface area (TPSA) is 205 Å². The number of primary amides is 1. The minimum Gasteiger partial charge on any atom is -0.508 e. The van der Waals surface area contributed by atoms with Gasteiger partial charge in [0.05, 0.1) is 16.5 Å². The highest BCUT2D eigenvalue weighted by Crippen LogP contribution is 2.53. The summed E-state index contributed by atoms with van der Waals surface area (Å²) in [5, 5.41) is 54.8. The van der Waals surface area contributed by atoms with Gasteiger partial charge in [-0.2, -0.15) is 0 Å². The number of fused-ring (bicyclic) bond motifs is 3. The van der Waals surface area contributed by atoms with Crippen LogP contribution in [0, 0.1) is 22.0 Å². The molecule has 3 aliphatic carbocycles. The van der Waals surface area contributed by atoms with Crippen LogP contribution in [0.4, 0.5) is 5.69 Å². The van der Waals surface area contributed by atoms with Gasteiger partial charge in [-0.15, -0.1) is 0 Å². The van der Waals surface area contributed by atoms with Crippen molar-refractivity contribution in [1.82, 2.24) is 4.90 Å². The minimum atomic E-state index is -2.75. The molecule has 0 aliphatic heterocycles. The van der Waals surface area contributed by atoms with Crippen molar-refractivity contribution >= 4 is 28.9 Å². The number of rotatable bonds is 3. The van der Waals surface area contributed by atoms with E-state index in [0.29, 0.717) is 0 Å². The van der Waals surface area contributed by atoms with Crippen molar-refractivity contribution < 1.29 is 39.7 Å². The van der Waals surface area contributed by atoms with Crippen molar-refractivity contribution in [2.45, 2.75) is 24.5 Å². The Morgan fingerprint density at radius 3 is 2.42 bits per heavy atom. The maximum Gasteiger partial charge on any atom is 0.273 e. The zero-order chi connectivity index (χ0) is 24.6. The zero-order valence-electron chi connectivity index (χ0n) is 17.6. The smallest absolute Gasteiger partial charge is 0.273 e. The van der Waals surface area contributed by atoms with Crippen LogP contribution in [0.2, 0.25) is 0 Å². The van der Waals surface area contributed by atoms with E-state index in [4.69, 9.17) is 5.73 Å². The van der Waals surface area contributed by atoms with Gasteiger partial charge < -0.3 is 26.2 Å². The predicted molar refractivity (Wildman–Crippen MR) is 111 cm³/mol. The number of nitro benzene ring substituents is 1. The van der Waals surface area contributed by atoms with E-state index in [9.17, 15) is 44.9 Å². The van der Waals surface area contributed by atoms with E-state index >= 15 is 0 Å². The molecule has 0 aromatic heterocycles. The fourth-order valence-electron chi connectivity index (χ4n) is 5.40. The van der Waals surface area contributed by atoms with Crippen LogP contribution in [-0.2, 0) is 20.8 Å². The molecular weight excluding hydrogens is 438 g/mol. The molecule has 0 heterocycles. The normalized spacial score (nSPS) is 29.0. The molecule has 1 aromatic carbocycles. The Morgan fingerprint density at radius 2 is 1.88 bits per heavy atom. The number of aliphatic hydroxyl groups is 3. The molecule has 0 bridgehead atoms. The summed E-state index contributed by atoms with van der Waals surface area (Å²) >= 11 is 0. The molecule has 4 atom stereocenters. The number of Topliss-reactive ketones (excluding diaryl/α,β-unsaturated/α-hetero) is 2. The Bertz CT molecular complexity index is 1220. The van der Waals surface area contributed by atoms with Crippen LogP contribution < -0.4 is 5.73 Å². The van der Waals surface area contributed by atoms with Crippen LogP contribution in [0.3, 0.4) is 0 Å². The highest BCUT2D eigenvalue weighted by molar-refractivity contribution is 6.24. The van der Waals surface area contributed by atoms with Crippen LogP contribution in [0.5, 0.6) is 5.75 Å². The van der Waals surface area contributed by atoms with Crippen molar-refractivity contribution in [3.8, 4) is 5.75 Å². The molecule has 0 radical (unpaired) electrons. The van der Waals surface area contributed by atoms with Gasteiger partial charge in [-0.1, -0.05) is 0 Å².